The quantitative estimate of drug-likeness (QED) is 0.826. The molecule has 0 saturated heterocycles. The van der Waals surface area contributed by atoms with Crippen LogP contribution >= 0.6 is 11.6 Å². The number of hydrogen-bond acceptors (Lipinski definition) is 2. The molecule has 1 N–H and O–H groups in total. The van der Waals surface area contributed by atoms with Crippen molar-refractivity contribution in [3.63, 3.8) is 0 Å². The van der Waals surface area contributed by atoms with E-state index in [2.05, 4.69) is 36.5 Å². The molecule has 3 heteroatoms. The third kappa shape index (κ3) is 4.64. The van der Waals surface area contributed by atoms with Gasteiger partial charge in [-0.05, 0) is 29.3 Å². The van der Waals surface area contributed by atoms with Crippen LogP contribution in [0.4, 0.5) is 0 Å². The van der Waals surface area contributed by atoms with Crippen molar-refractivity contribution < 1.29 is 4.74 Å². The summed E-state index contributed by atoms with van der Waals surface area (Å²) in [5, 5.41) is 4.08. The van der Waals surface area contributed by atoms with E-state index in [-0.39, 0.29) is 0 Å². The van der Waals surface area contributed by atoms with E-state index in [0.29, 0.717) is 13.2 Å². The van der Waals surface area contributed by atoms with Crippen LogP contribution in [0.15, 0.2) is 48.5 Å². The minimum absolute atomic E-state index is 0.539. The molecule has 0 fully saturated rings. The number of rotatable bonds is 7. The maximum absolute atomic E-state index is 6.10. The average Bonchev–Trinajstić information content (AvgIpc) is 2.48. The fourth-order valence-corrected chi connectivity index (χ4v) is 2.18. The maximum atomic E-state index is 6.10. The Morgan fingerprint density at radius 3 is 2.60 bits per heavy atom. The Labute approximate surface area is 125 Å². The summed E-state index contributed by atoms with van der Waals surface area (Å²) in [5.41, 5.74) is 3.50. The van der Waals surface area contributed by atoms with E-state index in [9.17, 15) is 0 Å². The third-order valence-corrected chi connectivity index (χ3v) is 3.42. The van der Waals surface area contributed by atoms with Crippen molar-refractivity contribution in [2.24, 2.45) is 0 Å². The van der Waals surface area contributed by atoms with Gasteiger partial charge in [-0.3, -0.25) is 0 Å². The van der Waals surface area contributed by atoms with E-state index >= 15 is 0 Å². The Kier molecular flexibility index (Phi) is 6.06. The topological polar surface area (TPSA) is 21.3 Å². The van der Waals surface area contributed by atoms with Gasteiger partial charge in [0.1, 0.15) is 0 Å². The van der Waals surface area contributed by atoms with Crippen LogP contribution in [0.5, 0.6) is 0 Å². The first kappa shape index (κ1) is 15.0. The van der Waals surface area contributed by atoms with Crippen LogP contribution in [-0.4, -0.2) is 6.54 Å². The molecule has 0 aliphatic heterocycles. The molecule has 0 amide bonds. The predicted octanol–water partition coefficient (Wildman–Crippen LogP) is 4.17. The SMILES string of the molecule is CCNCc1cccc(COCc2ccccc2Cl)c1. The lowest BCUT2D eigenvalue weighted by molar-refractivity contribution is 0.107. The molecule has 2 nitrogen and oxygen atoms in total. The highest BCUT2D eigenvalue weighted by Crippen LogP contribution is 2.16. The van der Waals surface area contributed by atoms with Crippen LogP contribution in [0.3, 0.4) is 0 Å². The normalized spacial score (nSPS) is 10.7. The highest BCUT2D eigenvalue weighted by Gasteiger charge is 2.00. The Balaban J connectivity index is 1.86. The minimum atomic E-state index is 0.539. The van der Waals surface area contributed by atoms with Gasteiger partial charge in [-0.2, -0.15) is 0 Å². The molecule has 0 saturated carbocycles. The average molecular weight is 290 g/mol. The number of hydrogen-bond donors (Lipinski definition) is 1. The van der Waals surface area contributed by atoms with E-state index in [1.165, 1.54) is 11.1 Å². The number of halogens is 1. The second-order valence-electron chi connectivity index (χ2n) is 4.68. The molecule has 0 unspecified atom stereocenters. The van der Waals surface area contributed by atoms with Crippen LogP contribution in [0.1, 0.15) is 23.6 Å². The van der Waals surface area contributed by atoms with E-state index in [0.717, 1.165) is 23.7 Å². The van der Waals surface area contributed by atoms with Crippen molar-refractivity contribution >= 4 is 11.6 Å². The highest BCUT2D eigenvalue weighted by molar-refractivity contribution is 6.31. The van der Waals surface area contributed by atoms with Gasteiger partial charge in [0.25, 0.3) is 0 Å². The van der Waals surface area contributed by atoms with Gasteiger partial charge < -0.3 is 10.1 Å². The summed E-state index contributed by atoms with van der Waals surface area (Å²) >= 11 is 6.10. The molecule has 0 radical (unpaired) electrons. The lowest BCUT2D eigenvalue weighted by atomic mass is 10.1. The van der Waals surface area contributed by atoms with Crippen molar-refractivity contribution in [3.8, 4) is 0 Å². The van der Waals surface area contributed by atoms with Gasteiger partial charge >= 0.3 is 0 Å². The van der Waals surface area contributed by atoms with Crippen LogP contribution in [0, 0.1) is 0 Å². The van der Waals surface area contributed by atoms with Crippen molar-refractivity contribution in [2.45, 2.75) is 26.7 Å². The van der Waals surface area contributed by atoms with Crippen molar-refractivity contribution in [1.29, 1.82) is 0 Å². The predicted molar refractivity (Wildman–Crippen MR) is 83.8 cm³/mol. The monoisotopic (exact) mass is 289 g/mol. The fourth-order valence-electron chi connectivity index (χ4n) is 1.99. The maximum Gasteiger partial charge on any atom is 0.0735 e. The first-order chi connectivity index (χ1) is 9.79. The molecule has 2 aromatic rings. The smallest absolute Gasteiger partial charge is 0.0735 e. The van der Waals surface area contributed by atoms with Crippen LogP contribution < -0.4 is 5.32 Å². The van der Waals surface area contributed by atoms with E-state index in [1.807, 2.05) is 24.3 Å². The summed E-state index contributed by atoms with van der Waals surface area (Å²) in [5.74, 6) is 0. The molecule has 0 aromatic heterocycles. The Morgan fingerprint density at radius 1 is 1.00 bits per heavy atom. The van der Waals surface area contributed by atoms with E-state index in [1.54, 1.807) is 0 Å². The van der Waals surface area contributed by atoms with E-state index in [4.69, 9.17) is 16.3 Å². The van der Waals surface area contributed by atoms with Crippen LogP contribution in [0.25, 0.3) is 0 Å². The van der Waals surface area contributed by atoms with Gasteiger partial charge in [0.15, 0.2) is 0 Å². The molecular weight excluding hydrogens is 270 g/mol. The minimum Gasteiger partial charge on any atom is -0.372 e. The first-order valence-electron chi connectivity index (χ1n) is 6.89. The molecule has 106 valence electrons. The molecule has 2 aromatic carbocycles. The van der Waals surface area contributed by atoms with Gasteiger partial charge in [0.05, 0.1) is 13.2 Å². The Hall–Kier alpha value is -1.35. The Bertz CT molecular complexity index is 542. The molecule has 0 spiro atoms. The van der Waals surface area contributed by atoms with Gasteiger partial charge in [-0.15, -0.1) is 0 Å². The van der Waals surface area contributed by atoms with Crippen molar-refractivity contribution in [3.05, 3.63) is 70.2 Å². The third-order valence-electron chi connectivity index (χ3n) is 3.05. The number of benzene rings is 2. The second kappa shape index (κ2) is 8.05. The van der Waals surface area contributed by atoms with Crippen molar-refractivity contribution in [1.82, 2.24) is 5.32 Å². The van der Waals surface area contributed by atoms with Gasteiger partial charge in [-0.25, -0.2) is 0 Å². The zero-order valence-corrected chi connectivity index (χ0v) is 12.5. The second-order valence-corrected chi connectivity index (χ2v) is 5.09. The van der Waals surface area contributed by atoms with E-state index < -0.39 is 0 Å². The molecule has 0 atom stereocenters. The Morgan fingerprint density at radius 2 is 1.80 bits per heavy atom. The number of nitrogens with one attached hydrogen (secondary N) is 1. The summed E-state index contributed by atoms with van der Waals surface area (Å²) in [7, 11) is 0. The number of ether oxygens (including phenoxy) is 1. The lowest BCUT2D eigenvalue weighted by Gasteiger charge is -2.08. The molecule has 2 rings (SSSR count). The molecule has 0 bridgehead atoms. The molecule has 20 heavy (non-hydrogen) atoms. The largest absolute Gasteiger partial charge is 0.372 e. The fraction of sp³-hybridized carbons (Fsp3) is 0.294. The standard InChI is InChI=1S/C17H20ClNO/c1-2-19-11-14-6-5-7-15(10-14)12-20-13-16-8-3-4-9-17(16)18/h3-10,19H,2,11-13H2,1H3. The van der Waals surface area contributed by atoms with Gasteiger partial charge in [0.2, 0.25) is 0 Å². The van der Waals surface area contributed by atoms with Crippen LogP contribution in [0.2, 0.25) is 5.02 Å². The molecular formula is C17H20ClNO. The summed E-state index contributed by atoms with van der Waals surface area (Å²) in [6.07, 6.45) is 0. The van der Waals surface area contributed by atoms with Gasteiger partial charge in [0, 0.05) is 11.6 Å². The summed E-state index contributed by atoms with van der Waals surface area (Å²) in [6.45, 7) is 5.13. The summed E-state index contributed by atoms with van der Waals surface area (Å²) < 4.78 is 5.74. The summed E-state index contributed by atoms with van der Waals surface area (Å²) in [4.78, 5) is 0. The highest BCUT2D eigenvalue weighted by atomic mass is 35.5. The van der Waals surface area contributed by atoms with Crippen molar-refractivity contribution in [2.75, 3.05) is 6.54 Å². The molecule has 0 aliphatic rings. The summed E-state index contributed by atoms with van der Waals surface area (Å²) in [6, 6.07) is 16.2. The lowest BCUT2D eigenvalue weighted by Crippen LogP contribution is -2.11. The zero-order valence-electron chi connectivity index (χ0n) is 11.7. The molecule has 0 aliphatic carbocycles. The van der Waals surface area contributed by atoms with Crippen LogP contribution in [-0.2, 0) is 24.5 Å². The molecule has 0 heterocycles. The first-order valence-corrected chi connectivity index (χ1v) is 7.27. The zero-order chi connectivity index (χ0) is 14.2. The van der Waals surface area contributed by atoms with Gasteiger partial charge in [-0.1, -0.05) is 61.0 Å².